The van der Waals surface area contributed by atoms with Gasteiger partial charge in [-0.3, -0.25) is 4.79 Å². The Kier molecular flexibility index (Phi) is 3.57. The molecular formula is C10H19NO. The van der Waals surface area contributed by atoms with Gasteiger partial charge in [-0.05, 0) is 31.6 Å². The lowest BCUT2D eigenvalue weighted by molar-refractivity contribution is -0.122. The summed E-state index contributed by atoms with van der Waals surface area (Å²) in [7, 11) is 0. The lowest BCUT2D eigenvalue weighted by Gasteiger charge is -2.26. The fraction of sp³-hybridized carbons (Fsp3) is 0.900. The van der Waals surface area contributed by atoms with Gasteiger partial charge in [0.15, 0.2) is 0 Å². The molecule has 0 heterocycles. The molecule has 0 aliphatic heterocycles. The molecule has 2 heteroatoms. The topological polar surface area (TPSA) is 43.1 Å². The third-order valence-corrected chi connectivity index (χ3v) is 2.95. The van der Waals surface area contributed by atoms with Crippen LogP contribution in [0.3, 0.4) is 0 Å². The summed E-state index contributed by atoms with van der Waals surface area (Å²) in [6.07, 6.45) is 7.07. The van der Waals surface area contributed by atoms with Gasteiger partial charge in [0.25, 0.3) is 0 Å². The van der Waals surface area contributed by atoms with Crippen LogP contribution in [-0.2, 0) is 4.79 Å². The lowest BCUT2D eigenvalue weighted by atomic mass is 9.80. The maximum Gasteiger partial charge on any atom is 0.220 e. The summed E-state index contributed by atoms with van der Waals surface area (Å²) in [5, 5.41) is 0. The normalized spacial score (nSPS) is 30.1. The monoisotopic (exact) mass is 169 g/mol. The number of primary amides is 1. The van der Waals surface area contributed by atoms with E-state index in [1.54, 1.807) is 0 Å². The highest BCUT2D eigenvalue weighted by Gasteiger charge is 2.23. The minimum Gasteiger partial charge on any atom is -0.369 e. The van der Waals surface area contributed by atoms with Gasteiger partial charge in [-0.2, -0.15) is 0 Å². The first-order valence-corrected chi connectivity index (χ1v) is 5.03. The van der Waals surface area contributed by atoms with E-state index in [1.807, 2.05) is 0 Å². The molecule has 0 atom stereocenters. The standard InChI is InChI=1S/C10H19NO/c1-2-3-8-4-6-9(7-5-8)10(11)12/h8-9H,2-7H2,1H3,(H2,11,12). The maximum atomic E-state index is 10.8. The highest BCUT2D eigenvalue weighted by molar-refractivity contribution is 5.76. The van der Waals surface area contributed by atoms with E-state index in [1.165, 1.54) is 25.7 Å². The molecule has 1 amide bonds. The summed E-state index contributed by atoms with van der Waals surface area (Å²) < 4.78 is 0. The van der Waals surface area contributed by atoms with Gasteiger partial charge in [-0.1, -0.05) is 19.8 Å². The van der Waals surface area contributed by atoms with Crippen molar-refractivity contribution in [1.82, 2.24) is 0 Å². The average Bonchev–Trinajstić information content (AvgIpc) is 2.06. The smallest absolute Gasteiger partial charge is 0.220 e. The third kappa shape index (κ3) is 2.50. The molecule has 0 radical (unpaired) electrons. The van der Waals surface area contributed by atoms with Crippen LogP contribution in [0.25, 0.3) is 0 Å². The van der Waals surface area contributed by atoms with Crippen LogP contribution in [0.4, 0.5) is 0 Å². The van der Waals surface area contributed by atoms with Crippen molar-refractivity contribution in [3.8, 4) is 0 Å². The van der Waals surface area contributed by atoms with Gasteiger partial charge in [0.1, 0.15) is 0 Å². The van der Waals surface area contributed by atoms with E-state index in [0.29, 0.717) is 0 Å². The summed E-state index contributed by atoms with van der Waals surface area (Å²) in [4.78, 5) is 10.8. The van der Waals surface area contributed by atoms with Gasteiger partial charge in [-0.15, -0.1) is 0 Å². The first-order valence-electron chi connectivity index (χ1n) is 5.03. The Labute approximate surface area is 74.5 Å². The number of carbonyl (C=O) groups is 1. The minimum atomic E-state index is -0.0926. The molecule has 0 unspecified atom stereocenters. The van der Waals surface area contributed by atoms with Crippen LogP contribution in [-0.4, -0.2) is 5.91 Å². The van der Waals surface area contributed by atoms with Crippen LogP contribution < -0.4 is 5.73 Å². The maximum absolute atomic E-state index is 10.8. The zero-order valence-corrected chi connectivity index (χ0v) is 7.88. The van der Waals surface area contributed by atoms with Crippen molar-refractivity contribution in [1.29, 1.82) is 0 Å². The summed E-state index contributed by atoms with van der Waals surface area (Å²) in [6, 6.07) is 0. The predicted molar refractivity (Wildman–Crippen MR) is 49.6 cm³/mol. The highest BCUT2D eigenvalue weighted by atomic mass is 16.1. The van der Waals surface area contributed by atoms with E-state index in [0.717, 1.165) is 18.8 Å². The summed E-state index contributed by atoms with van der Waals surface area (Å²) in [5.41, 5.74) is 5.25. The van der Waals surface area contributed by atoms with E-state index in [2.05, 4.69) is 6.92 Å². The second-order valence-electron chi connectivity index (χ2n) is 3.91. The number of hydrogen-bond acceptors (Lipinski definition) is 1. The van der Waals surface area contributed by atoms with Crippen LogP contribution in [0.5, 0.6) is 0 Å². The van der Waals surface area contributed by atoms with Gasteiger partial charge in [-0.25, -0.2) is 0 Å². The van der Waals surface area contributed by atoms with Crippen molar-refractivity contribution in [2.75, 3.05) is 0 Å². The molecular weight excluding hydrogens is 150 g/mol. The SMILES string of the molecule is CCCC1CCC(C(N)=O)CC1. The molecule has 12 heavy (non-hydrogen) atoms. The first-order chi connectivity index (χ1) is 5.74. The van der Waals surface area contributed by atoms with E-state index in [-0.39, 0.29) is 11.8 Å². The summed E-state index contributed by atoms with van der Waals surface area (Å²) in [5.74, 6) is 0.952. The summed E-state index contributed by atoms with van der Waals surface area (Å²) >= 11 is 0. The Bertz CT molecular complexity index is 148. The van der Waals surface area contributed by atoms with Gasteiger partial charge in [0.05, 0.1) is 0 Å². The molecule has 0 aromatic rings. The predicted octanol–water partition coefficient (Wildman–Crippen LogP) is 2.08. The van der Waals surface area contributed by atoms with Crippen LogP contribution >= 0.6 is 0 Å². The van der Waals surface area contributed by atoms with Gasteiger partial charge < -0.3 is 5.73 Å². The van der Waals surface area contributed by atoms with E-state index >= 15 is 0 Å². The Hall–Kier alpha value is -0.530. The van der Waals surface area contributed by atoms with E-state index in [9.17, 15) is 4.79 Å². The second kappa shape index (κ2) is 4.48. The molecule has 0 saturated heterocycles. The quantitative estimate of drug-likeness (QED) is 0.690. The molecule has 2 N–H and O–H groups in total. The third-order valence-electron chi connectivity index (χ3n) is 2.95. The van der Waals surface area contributed by atoms with Gasteiger partial charge in [0, 0.05) is 5.92 Å². The van der Waals surface area contributed by atoms with Crippen molar-refractivity contribution in [3.05, 3.63) is 0 Å². The zero-order valence-electron chi connectivity index (χ0n) is 7.88. The number of rotatable bonds is 3. The van der Waals surface area contributed by atoms with Crippen LogP contribution in [0.1, 0.15) is 45.4 Å². The molecule has 1 fully saturated rings. The molecule has 1 aliphatic rings. The molecule has 0 aromatic carbocycles. The largest absolute Gasteiger partial charge is 0.369 e. The van der Waals surface area contributed by atoms with Crippen LogP contribution in [0, 0.1) is 11.8 Å². The van der Waals surface area contributed by atoms with Crippen molar-refractivity contribution in [2.45, 2.75) is 45.4 Å². The van der Waals surface area contributed by atoms with Crippen molar-refractivity contribution >= 4 is 5.91 Å². The average molecular weight is 169 g/mol. The molecule has 1 saturated carbocycles. The summed E-state index contributed by atoms with van der Waals surface area (Å²) in [6.45, 7) is 2.22. The Morgan fingerprint density at radius 2 is 1.92 bits per heavy atom. The van der Waals surface area contributed by atoms with Gasteiger partial charge >= 0.3 is 0 Å². The van der Waals surface area contributed by atoms with Crippen molar-refractivity contribution in [2.24, 2.45) is 17.6 Å². The van der Waals surface area contributed by atoms with E-state index < -0.39 is 0 Å². The Morgan fingerprint density at radius 1 is 1.33 bits per heavy atom. The molecule has 0 spiro atoms. The zero-order chi connectivity index (χ0) is 8.97. The number of amides is 1. The Balaban J connectivity index is 2.25. The number of hydrogen-bond donors (Lipinski definition) is 1. The molecule has 1 rings (SSSR count). The fourth-order valence-electron chi connectivity index (χ4n) is 2.14. The van der Waals surface area contributed by atoms with E-state index in [4.69, 9.17) is 5.73 Å². The number of nitrogens with two attached hydrogens (primary N) is 1. The van der Waals surface area contributed by atoms with Gasteiger partial charge in [0.2, 0.25) is 5.91 Å². The molecule has 0 bridgehead atoms. The highest BCUT2D eigenvalue weighted by Crippen LogP contribution is 2.30. The molecule has 0 aromatic heterocycles. The molecule has 1 aliphatic carbocycles. The van der Waals surface area contributed by atoms with Crippen LogP contribution in [0.15, 0.2) is 0 Å². The van der Waals surface area contributed by atoms with Crippen molar-refractivity contribution in [3.63, 3.8) is 0 Å². The Morgan fingerprint density at radius 3 is 2.33 bits per heavy atom. The number of carbonyl (C=O) groups excluding carboxylic acids is 1. The van der Waals surface area contributed by atoms with Crippen LogP contribution in [0.2, 0.25) is 0 Å². The lowest BCUT2D eigenvalue weighted by Crippen LogP contribution is -2.27. The second-order valence-corrected chi connectivity index (χ2v) is 3.91. The first kappa shape index (κ1) is 9.56. The molecule has 70 valence electrons. The fourth-order valence-corrected chi connectivity index (χ4v) is 2.14. The van der Waals surface area contributed by atoms with Crippen molar-refractivity contribution < 1.29 is 4.79 Å². The minimum absolute atomic E-state index is 0.0926. The molecule has 2 nitrogen and oxygen atoms in total.